The minimum absolute atomic E-state index is 0.248. The molecule has 112 valence electrons. The van der Waals surface area contributed by atoms with Crippen LogP contribution in [0.5, 0.6) is 0 Å². The first-order valence-corrected chi connectivity index (χ1v) is 7.41. The van der Waals surface area contributed by atoms with E-state index in [-0.39, 0.29) is 5.82 Å². The Morgan fingerprint density at radius 3 is 2.82 bits per heavy atom. The summed E-state index contributed by atoms with van der Waals surface area (Å²) in [5.41, 5.74) is 5.99. The number of ether oxygens (including phenoxy) is 1. The van der Waals surface area contributed by atoms with Crippen molar-refractivity contribution in [2.45, 2.75) is 25.9 Å². The van der Waals surface area contributed by atoms with Crippen molar-refractivity contribution in [1.82, 2.24) is 14.6 Å². The fourth-order valence-electron chi connectivity index (χ4n) is 3.18. The molecule has 4 rings (SSSR count). The molecule has 0 aliphatic heterocycles. The molecule has 5 heteroatoms. The van der Waals surface area contributed by atoms with E-state index in [9.17, 15) is 4.39 Å². The van der Waals surface area contributed by atoms with Gasteiger partial charge in [0.1, 0.15) is 5.82 Å². The molecule has 0 fully saturated rings. The van der Waals surface area contributed by atoms with Gasteiger partial charge in [0.2, 0.25) is 0 Å². The molecule has 1 aliphatic rings. The molecule has 1 aromatic carbocycles. The molecular formula is C17H16FN3O. The molecule has 0 saturated carbocycles. The normalized spacial score (nSPS) is 13.7. The highest BCUT2D eigenvalue weighted by Crippen LogP contribution is 2.31. The minimum Gasteiger partial charge on any atom is -0.378 e. The maximum absolute atomic E-state index is 13.2. The quantitative estimate of drug-likeness (QED) is 0.745. The maximum Gasteiger partial charge on any atom is 0.163 e. The van der Waals surface area contributed by atoms with E-state index in [1.54, 1.807) is 19.2 Å². The smallest absolute Gasteiger partial charge is 0.163 e. The Labute approximate surface area is 127 Å². The SMILES string of the molecule is COCc1nn2c3c(cnc2c1-c1ccc(F)cc1)CCC3. The molecule has 4 nitrogen and oxygen atoms in total. The Hall–Kier alpha value is -2.27. The fraction of sp³-hybridized carbons (Fsp3) is 0.294. The molecule has 0 amide bonds. The Bertz CT molecular complexity index is 839. The number of aryl methyl sites for hydroxylation is 2. The lowest BCUT2D eigenvalue weighted by Crippen LogP contribution is -2.00. The number of hydrogen-bond acceptors (Lipinski definition) is 3. The summed E-state index contributed by atoms with van der Waals surface area (Å²) in [4.78, 5) is 4.61. The Balaban J connectivity index is 1.99. The van der Waals surface area contributed by atoms with Gasteiger partial charge >= 0.3 is 0 Å². The average molecular weight is 297 g/mol. The van der Waals surface area contributed by atoms with Crippen molar-refractivity contribution in [3.63, 3.8) is 0 Å². The summed E-state index contributed by atoms with van der Waals surface area (Å²) >= 11 is 0. The van der Waals surface area contributed by atoms with Crippen molar-refractivity contribution in [3.8, 4) is 11.1 Å². The summed E-state index contributed by atoms with van der Waals surface area (Å²) < 4.78 is 20.4. The highest BCUT2D eigenvalue weighted by Gasteiger charge is 2.21. The highest BCUT2D eigenvalue weighted by molar-refractivity contribution is 5.80. The molecule has 0 saturated heterocycles. The fourth-order valence-corrected chi connectivity index (χ4v) is 3.18. The van der Waals surface area contributed by atoms with Gasteiger partial charge < -0.3 is 4.74 Å². The molecule has 0 radical (unpaired) electrons. The van der Waals surface area contributed by atoms with Gasteiger partial charge in [0, 0.05) is 19.0 Å². The number of halogens is 1. The number of fused-ring (bicyclic) bond motifs is 3. The second-order valence-electron chi connectivity index (χ2n) is 5.58. The summed E-state index contributed by atoms with van der Waals surface area (Å²) in [5.74, 6) is -0.248. The van der Waals surface area contributed by atoms with E-state index >= 15 is 0 Å². The lowest BCUT2D eigenvalue weighted by atomic mass is 10.1. The van der Waals surface area contributed by atoms with E-state index in [0.717, 1.165) is 41.7 Å². The van der Waals surface area contributed by atoms with E-state index in [1.165, 1.54) is 23.4 Å². The van der Waals surface area contributed by atoms with Crippen molar-refractivity contribution in [2.24, 2.45) is 0 Å². The number of aromatic nitrogens is 3. The van der Waals surface area contributed by atoms with Gasteiger partial charge in [0.25, 0.3) is 0 Å². The summed E-state index contributed by atoms with van der Waals surface area (Å²) in [5, 5.41) is 4.71. The summed E-state index contributed by atoms with van der Waals surface area (Å²) in [6.07, 6.45) is 5.17. The first kappa shape index (κ1) is 13.4. The number of benzene rings is 1. The highest BCUT2D eigenvalue weighted by atomic mass is 19.1. The lowest BCUT2D eigenvalue weighted by Gasteiger charge is -2.04. The van der Waals surface area contributed by atoms with E-state index in [1.807, 2.05) is 10.7 Å². The Morgan fingerprint density at radius 2 is 2.05 bits per heavy atom. The van der Waals surface area contributed by atoms with Crippen molar-refractivity contribution in [2.75, 3.05) is 7.11 Å². The molecule has 1 aliphatic carbocycles. The zero-order chi connectivity index (χ0) is 15.1. The summed E-state index contributed by atoms with van der Waals surface area (Å²) in [6.45, 7) is 0.408. The standard InChI is InChI=1S/C17H16FN3O/c1-22-10-14-16(11-5-7-13(18)8-6-11)17-19-9-12-3-2-4-15(12)21(17)20-14/h5-9H,2-4,10H2,1H3. The molecule has 0 unspecified atom stereocenters. The lowest BCUT2D eigenvalue weighted by molar-refractivity contribution is 0.181. The zero-order valence-electron chi connectivity index (χ0n) is 12.3. The largest absolute Gasteiger partial charge is 0.378 e. The van der Waals surface area contributed by atoms with Crippen LogP contribution in [0.25, 0.3) is 16.8 Å². The molecule has 3 aromatic rings. The Morgan fingerprint density at radius 1 is 1.23 bits per heavy atom. The van der Waals surface area contributed by atoms with Crippen molar-refractivity contribution in [3.05, 3.63) is 53.2 Å². The monoisotopic (exact) mass is 297 g/mol. The van der Waals surface area contributed by atoms with Crippen LogP contribution < -0.4 is 0 Å². The predicted octanol–water partition coefficient (Wildman–Crippen LogP) is 3.17. The van der Waals surface area contributed by atoms with Crippen LogP contribution in [-0.4, -0.2) is 21.7 Å². The molecule has 0 bridgehead atoms. The third-order valence-corrected chi connectivity index (χ3v) is 4.18. The van der Waals surface area contributed by atoms with Crippen LogP contribution in [0.3, 0.4) is 0 Å². The Kier molecular flexibility index (Phi) is 3.15. The number of rotatable bonds is 3. The van der Waals surface area contributed by atoms with Crippen molar-refractivity contribution in [1.29, 1.82) is 0 Å². The van der Waals surface area contributed by atoms with Crippen LogP contribution >= 0.6 is 0 Å². The molecule has 0 N–H and O–H groups in total. The van der Waals surface area contributed by atoms with Gasteiger partial charge in [-0.3, -0.25) is 0 Å². The van der Waals surface area contributed by atoms with Gasteiger partial charge in [-0.25, -0.2) is 13.9 Å². The zero-order valence-corrected chi connectivity index (χ0v) is 12.3. The molecule has 2 heterocycles. The van der Waals surface area contributed by atoms with Gasteiger partial charge in [0.05, 0.1) is 17.9 Å². The van der Waals surface area contributed by atoms with Crippen LogP contribution in [0.4, 0.5) is 4.39 Å². The van der Waals surface area contributed by atoms with E-state index < -0.39 is 0 Å². The molecular weight excluding hydrogens is 281 g/mol. The second kappa shape index (κ2) is 5.18. The topological polar surface area (TPSA) is 39.4 Å². The van der Waals surface area contributed by atoms with E-state index in [0.29, 0.717) is 6.61 Å². The number of nitrogens with zero attached hydrogens (tertiary/aromatic N) is 3. The third kappa shape index (κ3) is 2.01. The van der Waals surface area contributed by atoms with Crippen LogP contribution in [0.1, 0.15) is 23.4 Å². The average Bonchev–Trinajstić information content (AvgIpc) is 3.12. The van der Waals surface area contributed by atoms with E-state index in [4.69, 9.17) is 9.84 Å². The number of hydrogen-bond donors (Lipinski definition) is 0. The van der Waals surface area contributed by atoms with E-state index in [2.05, 4.69) is 4.98 Å². The molecule has 0 spiro atoms. The molecule has 22 heavy (non-hydrogen) atoms. The van der Waals surface area contributed by atoms with Gasteiger partial charge in [-0.05, 0) is 42.5 Å². The molecule has 2 aromatic heterocycles. The minimum atomic E-state index is -0.248. The second-order valence-corrected chi connectivity index (χ2v) is 5.58. The van der Waals surface area contributed by atoms with Gasteiger partial charge in [-0.15, -0.1) is 0 Å². The van der Waals surface area contributed by atoms with Crippen molar-refractivity contribution >= 4 is 5.65 Å². The van der Waals surface area contributed by atoms with Crippen molar-refractivity contribution < 1.29 is 9.13 Å². The maximum atomic E-state index is 13.2. The van der Waals surface area contributed by atoms with Crippen LogP contribution in [-0.2, 0) is 24.2 Å². The van der Waals surface area contributed by atoms with Gasteiger partial charge in [0.15, 0.2) is 5.65 Å². The first-order valence-electron chi connectivity index (χ1n) is 7.41. The predicted molar refractivity (Wildman–Crippen MR) is 81.1 cm³/mol. The van der Waals surface area contributed by atoms with Crippen LogP contribution in [0.2, 0.25) is 0 Å². The third-order valence-electron chi connectivity index (χ3n) is 4.18. The first-order chi connectivity index (χ1) is 10.8. The summed E-state index contributed by atoms with van der Waals surface area (Å²) in [7, 11) is 1.65. The van der Waals surface area contributed by atoms with Gasteiger partial charge in [-0.1, -0.05) is 12.1 Å². The number of methoxy groups -OCH3 is 1. The van der Waals surface area contributed by atoms with Gasteiger partial charge in [-0.2, -0.15) is 5.10 Å². The van der Waals surface area contributed by atoms with Crippen LogP contribution in [0, 0.1) is 5.82 Å². The summed E-state index contributed by atoms with van der Waals surface area (Å²) in [6, 6.07) is 6.45. The molecule has 0 atom stereocenters. The van der Waals surface area contributed by atoms with Crippen LogP contribution in [0.15, 0.2) is 30.5 Å².